The Labute approximate surface area is 175 Å². The summed E-state index contributed by atoms with van der Waals surface area (Å²) < 4.78 is 5.19. The van der Waals surface area contributed by atoms with Crippen molar-refractivity contribution in [2.24, 2.45) is 0 Å². The van der Waals surface area contributed by atoms with Gasteiger partial charge in [0, 0.05) is 37.0 Å². The summed E-state index contributed by atoms with van der Waals surface area (Å²) in [7, 11) is 0. The first-order chi connectivity index (χ1) is 14.5. The van der Waals surface area contributed by atoms with E-state index in [0.717, 1.165) is 41.9 Å². The van der Waals surface area contributed by atoms with Crippen molar-refractivity contribution in [1.29, 1.82) is 0 Å². The molecule has 3 aromatic rings. The van der Waals surface area contributed by atoms with E-state index in [1.807, 2.05) is 43.9 Å². The number of amides is 1. The van der Waals surface area contributed by atoms with Crippen molar-refractivity contribution in [3.63, 3.8) is 0 Å². The van der Waals surface area contributed by atoms with Crippen LogP contribution in [0.2, 0.25) is 0 Å². The lowest BCUT2D eigenvalue weighted by molar-refractivity contribution is -0.131. The summed E-state index contributed by atoms with van der Waals surface area (Å²) in [5, 5.41) is 7.11. The fourth-order valence-electron chi connectivity index (χ4n) is 3.78. The Morgan fingerprint density at radius 1 is 1.23 bits per heavy atom. The van der Waals surface area contributed by atoms with Crippen LogP contribution in [0.3, 0.4) is 0 Å². The summed E-state index contributed by atoms with van der Waals surface area (Å²) in [6, 6.07) is 5.82. The van der Waals surface area contributed by atoms with Gasteiger partial charge >= 0.3 is 0 Å². The number of nitrogens with one attached hydrogen (secondary N) is 1. The number of hydrogen-bond donors (Lipinski definition) is 1. The Morgan fingerprint density at radius 3 is 2.83 bits per heavy atom. The van der Waals surface area contributed by atoms with Gasteiger partial charge in [-0.05, 0) is 51.3 Å². The van der Waals surface area contributed by atoms with Crippen molar-refractivity contribution in [1.82, 2.24) is 25.0 Å². The number of aryl methyl sites for hydroxylation is 3. The third kappa shape index (κ3) is 4.48. The lowest BCUT2D eigenvalue weighted by atomic mass is 9.94. The van der Waals surface area contributed by atoms with Crippen molar-refractivity contribution in [2.75, 3.05) is 18.4 Å². The highest BCUT2D eigenvalue weighted by atomic mass is 16.5. The van der Waals surface area contributed by atoms with Gasteiger partial charge in [0.25, 0.3) is 0 Å². The molecule has 8 nitrogen and oxygen atoms in total. The first-order valence-electron chi connectivity index (χ1n) is 10.2. The molecular weight excluding hydrogens is 380 g/mol. The van der Waals surface area contributed by atoms with E-state index >= 15 is 0 Å². The largest absolute Gasteiger partial charge is 0.361 e. The van der Waals surface area contributed by atoms with E-state index in [2.05, 4.69) is 25.4 Å². The predicted molar refractivity (Wildman–Crippen MR) is 113 cm³/mol. The first kappa shape index (κ1) is 20.0. The van der Waals surface area contributed by atoms with Crippen LogP contribution in [0.5, 0.6) is 0 Å². The quantitative estimate of drug-likeness (QED) is 0.693. The number of carbonyl (C=O) groups excluding carboxylic acids is 1. The minimum Gasteiger partial charge on any atom is -0.361 e. The molecule has 0 unspecified atom stereocenters. The smallest absolute Gasteiger partial charge is 0.228 e. The van der Waals surface area contributed by atoms with Gasteiger partial charge in [0.1, 0.15) is 11.6 Å². The number of pyridine rings is 1. The zero-order valence-electron chi connectivity index (χ0n) is 17.6. The molecule has 0 radical (unpaired) electrons. The topological polar surface area (TPSA) is 97.0 Å². The van der Waals surface area contributed by atoms with E-state index < -0.39 is 0 Å². The summed E-state index contributed by atoms with van der Waals surface area (Å²) in [4.78, 5) is 28.2. The zero-order valence-corrected chi connectivity index (χ0v) is 17.6. The van der Waals surface area contributed by atoms with Crippen LogP contribution in [0.15, 0.2) is 35.1 Å². The average Bonchev–Trinajstić information content (AvgIpc) is 3.08. The summed E-state index contributed by atoms with van der Waals surface area (Å²) in [5.41, 5.74) is 3.71. The third-order valence-electron chi connectivity index (χ3n) is 5.53. The average molecular weight is 406 g/mol. The maximum absolute atomic E-state index is 12.9. The fraction of sp³-hybridized carbons (Fsp3) is 0.409. The number of hydrogen-bond acceptors (Lipinski definition) is 7. The van der Waals surface area contributed by atoms with E-state index in [1.54, 1.807) is 12.4 Å². The van der Waals surface area contributed by atoms with E-state index in [-0.39, 0.29) is 11.8 Å². The Balaban J connectivity index is 1.44. The zero-order chi connectivity index (χ0) is 21.1. The molecule has 1 aliphatic rings. The van der Waals surface area contributed by atoms with Crippen molar-refractivity contribution in [3.05, 3.63) is 58.9 Å². The van der Waals surface area contributed by atoms with E-state index in [9.17, 15) is 4.79 Å². The van der Waals surface area contributed by atoms with E-state index in [4.69, 9.17) is 4.52 Å². The molecule has 1 N–H and O–H groups in total. The molecule has 30 heavy (non-hydrogen) atoms. The Morgan fingerprint density at radius 2 is 2.10 bits per heavy atom. The molecule has 4 rings (SSSR count). The van der Waals surface area contributed by atoms with Crippen LogP contribution in [-0.4, -0.2) is 44.0 Å². The molecule has 4 heterocycles. The first-order valence-corrected chi connectivity index (χ1v) is 10.2. The molecule has 1 fully saturated rings. The summed E-state index contributed by atoms with van der Waals surface area (Å²) in [5.74, 6) is 2.22. The highest BCUT2D eigenvalue weighted by molar-refractivity contribution is 5.79. The van der Waals surface area contributed by atoms with Crippen molar-refractivity contribution >= 4 is 17.7 Å². The molecule has 1 aliphatic heterocycles. The number of nitrogens with zero attached hydrogens (tertiary/aromatic N) is 5. The Bertz CT molecular complexity index is 1010. The molecule has 3 aromatic heterocycles. The van der Waals surface area contributed by atoms with Crippen LogP contribution in [0.25, 0.3) is 0 Å². The van der Waals surface area contributed by atoms with Gasteiger partial charge in [-0.1, -0.05) is 11.2 Å². The van der Waals surface area contributed by atoms with Crippen molar-refractivity contribution in [3.8, 4) is 0 Å². The van der Waals surface area contributed by atoms with Gasteiger partial charge in [0.2, 0.25) is 11.9 Å². The number of anilines is 2. The standard InChI is InChI=1S/C22H26N6O2/c1-14-6-7-20(24-12-14)26-22-23-9-8-19(25-22)17-5-4-10-28(13-17)21(29)11-18-15(2)27-30-16(18)3/h6-9,12,17H,4-5,10-11,13H2,1-3H3,(H,23,24,25,26)/t17-/m0/s1. The van der Waals surface area contributed by atoms with Gasteiger partial charge < -0.3 is 14.7 Å². The van der Waals surface area contributed by atoms with Crippen LogP contribution in [0.1, 0.15) is 47.0 Å². The van der Waals surface area contributed by atoms with E-state index in [1.165, 1.54) is 0 Å². The van der Waals surface area contributed by atoms with Crippen LogP contribution in [-0.2, 0) is 11.2 Å². The van der Waals surface area contributed by atoms with Gasteiger partial charge in [0.15, 0.2) is 0 Å². The number of carbonyl (C=O) groups is 1. The number of rotatable bonds is 5. The summed E-state index contributed by atoms with van der Waals surface area (Å²) in [6.45, 7) is 7.13. The second kappa shape index (κ2) is 8.61. The lowest BCUT2D eigenvalue weighted by Crippen LogP contribution is -2.40. The van der Waals surface area contributed by atoms with Gasteiger partial charge in [-0.2, -0.15) is 0 Å². The molecule has 156 valence electrons. The monoisotopic (exact) mass is 406 g/mol. The lowest BCUT2D eigenvalue weighted by Gasteiger charge is -2.32. The fourth-order valence-corrected chi connectivity index (χ4v) is 3.78. The molecule has 1 amide bonds. The van der Waals surface area contributed by atoms with Gasteiger partial charge in [0.05, 0.1) is 17.8 Å². The Hall–Kier alpha value is -3.29. The molecule has 0 aliphatic carbocycles. The predicted octanol–water partition coefficient (Wildman–Crippen LogP) is 3.48. The third-order valence-corrected chi connectivity index (χ3v) is 5.53. The SMILES string of the molecule is Cc1ccc(Nc2nccc([C@H]3CCCN(C(=O)Cc4c(C)noc4C)C3)n2)nc1. The van der Waals surface area contributed by atoms with E-state index in [0.29, 0.717) is 30.5 Å². The summed E-state index contributed by atoms with van der Waals surface area (Å²) in [6.07, 6.45) is 5.82. The van der Waals surface area contributed by atoms with Crippen LogP contribution < -0.4 is 5.32 Å². The maximum Gasteiger partial charge on any atom is 0.228 e. The molecule has 0 aromatic carbocycles. The minimum absolute atomic E-state index is 0.102. The minimum atomic E-state index is 0.102. The number of piperidine rings is 1. The molecular formula is C22H26N6O2. The van der Waals surface area contributed by atoms with Gasteiger partial charge in [-0.3, -0.25) is 4.79 Å². The highest BCUT2D eigenvalue weighted by Gasteiger charge is 2.27. The number of aromatic nitrogens is 4. The van der Waals surface area contributed by atoms with Gasteiger partial charge in [-0.25, -0.2) is 15.0 Å². The van der Waals surface area contributed by atoms with Gasteiger partial charge in [-0.15, -0.1) is 0 Å². The molecule has 8 heteroatoms. The maximum atomic E-state index is 12.9. The number of likely N-dealkylation sites (tertiary alicyclic amines) is 1. The molecule has 1 saturated heterocycles. The van der Waals surface area contributed by atoms with Crippen molar-refractivity contribution < 1.29 is 9.32 Å². The highest BCUT2D eigenvalue weighted by Crippen LogP contribution is 2.27. The Kier molecular flexibility index (Phi) is 5.74. The second-order valence-electron chi connectivity index (χ2n) is 7.81. The molecule has 0 spiro atoms. The van der Waals surface area contributed by atoms with Crippen molar-refractivity contribution in [2.45, 2.75) is 46.0 Å². The van der Waals surface area contributed by atoms with Crippen LogP contribution in [0, 0.1) is 20.8 Å². The molecule has 1 atom stereocenters. The van der Waals surface area contributed by atoms with Crippen LogP contribution in [0.4, 0.5) is 11.8 Å². The second-order valence-corrected chi connectivity index (χ2v) is 7.81. The molecule has 0 saturated carbocycles. The molecule has 0 bridgehead atoms. The summed E-state index contributed by atoms with van der Waals surface area (Å²) >= 11 is 0. The van der Waals surface area contributed by atoms with Crippen LogP contribution >= 0.6 is 0 Å². The normalized spacial score (nSPS) is 16.5.